The number of aromatic nitrogens is 3. The summed E-state index contributed by atoms with van der Waals surface area (Å²) in [5.74, 6) is 0.219. The molecule has 2 aromatic carbocycles. The second-order valence-electron chi connectivity index (χ2n) is 6.32. The lowest BCUT2D eigenvalue weighted by molar-refractivity contribution is -0.125. The predicted octanol–water partition coefficient (Wildman–Crippen LogP) is 4.40. The fourth-order valence-corrected chi connectivity index (χ4v) is 4.08. The third-order valence-electron chi connectivity index (χ3n) is 4.24. The summed E-state index contributed by atoms with van der Waals surface area (Å²) < 4.78 is 1.44. The van der Waals surface area contributed by atoms with Crippen molar-refractivity contribution in [1.82, 2.24) is 14.8 Å². The highest BCUT2D eigenvalue weighted by Gasteiger charge is 2.33. The van der Waals surface area contributed by atoms with Gasteiger partial charge in [-0.15, -0.1) is 5.10 Å². The number of nitrogens with zero attached hydrogens (tertiary/aromatic N) is 3. The zero-order valence-corrected chi connectivity index (χ0v) is 17.3. The average molecular weight is 448 g/mol. The van der Waals surface area contributed by atoms with E-state index in [1.54, 1.807) is 12.1 Å². The van der Waals surface area contributed by atoms with Gasteiger partial charge in [-0.1, -0.05) is 65.3 Å². The van der Waals surface area contributed by atoms with Gasteiger partial charge in [0.2, 0.25) is 22.9 Å². The van der Waals surface area contributed by atoms with Crippen LogP contribution < -0.4 is 10.6 Å². The van der Waals surface area contributed by atoms with E-state index in [4.69, 9.17) is 23.2 Å². The standard InChI is InChI=1S/C19H15Cl2N5O2S/c20-12-6-7-14(13(21)8-12)22-17(28)15-9-16(27)23-18-24-19(25-26(15)18)29-10-11-4-2-1-3-5-11/h1-8,15H,9-10H2,(H,22,28)(H,23,24,25,27)/t15-/m1/s1. The minimum Gasteiger partial charge on any atom is -0.323 e. The van der Waals surface area contributed by atoms with Crippen LogP contribution in [-0.2, 0) is 15.3 Å². The van der Waals surface area contributed by atoms with Crippen molar-refractivity contribution in [3.8, 4) is 0 Å². The lowest BCUT2D eigenvalue weighted by Gasteiger charge is -2.22. The highest BCUT2D eigenvalue weighted by atomic mass is 35.5. The van der Waals surface area contributed by atoms with Crippen LogP contribution in [0.3, 0.4) is 0 Å². The van der Waals surface area contributed by atoms with Gasteiger partial charge in [0.15, 0.2) is 0 Å². The van der Waals surface area contributed by atoms with Crippen molar-refractivity contribution < 1.29 is 9.59 Å². The van der Waals surface area contributed by atoms with Crippen LogP contribution in [0.5, 0.6) is 0 Å². The number of thioether (sulfide) groups is 1. The van der Waals surface area contributed by atoms with E-state index in [1.165, 1.54) is 22.5 Å². The molecule has 148 valence electrons. The Morgan fingerprint density at radius 2 is 2.03 bits per heavy atom. The van der Waals surface area contributed by atoms with Crippen LogP contribution in [-0.4, -0.2) is 26.6 Å². The van der Waals surface area contributed by atoms with Gasteiger partial charge in [-0.3, -0.25) is 14.9 Å². The number of nitrogens with one attached hydrogen (secondary N) is 2. The third-order valence-corrected chi connectivity index (χ3v) is 5.70. The fraction of sp³-hybridized carbons (Fsp3) is 0.158. The van der Waals surface area contributed by atoms with Gasteiger partial charge in [0, 0.05) is 10.8 Å². The van der Waals surface area contributed by atoms with Gasteiger partial charge in [0.1, 0.15) is 6.04 Å². The zero-order valence-electron chi connectivity index (χ0n) is 14.9. The largest absolute Gasteiger partial charge is 0.323 e. The Hall–Kier alpha value is -2.55. The number of carbonyl (C=O) groups excluding carboxylic acids is 2. The van der Waals surface area contributed by atoms with Gasteiger partial charge in [0.05, 0.1) is 17.1 Å². The molecular weight excluding hydrogens is 433 g/mol. The van der Waals surface area contributed by atoms with E-state index in [-0.39, 0.29) is 18.3 Å². The number of hydrogen-bond acceptors (Lipinski definition) is 5. The first-order valence-electron chi connectivity index (χ1n) is 8.68. The van der Waals surface area contributed by atoms with Crippen molar-refractivity contribution in [1.29, 1.82) is 0 Å². The molecule has 2 amide bonds. The number of hydrogen-bond donors (Lipinski definition) is 2. The van der Waals surface area contributed by atoms with Crippen molar-refractivity contribution >= 4 is 58.4 Å². The summed E-state index contributed by atoms with van der Waals surface area (Å²) >= 11 is 13.4. The molecule has 0 saturated heterocycles. The lowest BCUT2D eigenvalue weighted by atomic mass is 10.1. The van der Waals surface area contributed by atoms with Crippen molar-refractivity contribution in [2.45, 2.75) is 23.4 Å². The third kappa shape index (κ3) is 4.55. The first-order chi connectivity index (χ1) is 14.0. The van der Waals surface area contributed by atoms with Crippen LogP contribution in [0.25, 0.3) is 0 Å². The summed E-state index contributed by atoms with van der Waals surface area (Å²) in [6.07, 6.45) is -0.0454. The SMILES string of the molecule is O=C1C[C@H](C(=O)Nc2ccc(Cl)cc2Cl)n2nc(SCc3ccccc3)nc2N1. The van der Waals surface area contributed by atoms with Crippen LogP contribution in [0.1, 0.15) is 18.0 Å². The second-order valence-corrected chi connectivity index (χ2v) is 8.10. The summed E-state index contributed by atoms with van der Waals surface area (Å²) in [5, 5.41) is 11.1. The molecule has 29 heavy (non-hydrogen) atoms. The molecule has 0 bridgehead atoms. The van der Waals surface area contributed by atoms with Gasteiger partial charge in [-0.25, -0.2) is 4.68 Å². The average Bonchev–Trinajstić information content (AvgIpc) is 3.11. The summed E-state index contributed by atoms with van der Waals surface area (Å²) in [4.78, 5) is 29.2. The lowest BCUT2D eigenvalue weighted by Crippen LogP contribution is -2.36. The molecule has 0 aliphatic carbocycles. The van der Waals surface area contributed by atoms with Crippen molar-refractivity contribution in [3.05, 3.63) is 64.1 Å². The van der Waals surface area contributed by atoms with E-state index < -0.39 is 11.9 Å². The van der Waals surface area contributed by atoms with Crippen LogP contribution in [0.2, 0.25) is 10.0 Å². The molecule has 1 aliphatic rings. The second kappa shape index (κ2) is 8.44. The number of carbonyl (C=O) groups is 2. The number of amides is 2. The van der Waals surface area contributed by atoms with E-state index in [9.17, 15) is 9.59 Å². The molecule has 2 heterocycles. The number of anilines is 2. The molecule has 0 spiro atoms. The Morgan fingerprint density at radius 1 is 1.24 bits per heavy atom. The molecule has 0 fully saturated rings. The summed E-state index contributed by atoms with van der Waals surface area (Å²) in [5.41, 5.74) is 1.54. The maximum absolute atomic E-state index is 12.8. The van der Waals surface area contributed by atoms with Gasteiger partial charge in [0.25, 0.3) is 0 Å². The highest BCUT2D eigenvalue weighted by molar-refractivity contribution is 7.98. The Morgan fingerprint density at radius 3 is 2.79 bits per heavy atom. The first kappa shape index (κ1) is 19.8. The van der Waals surface area contributed by atoms with Crippen LogP contribution in [0.4, 0.5) is 11.6 Å². The molecule has 0 unspecified atom stereocenters. The maximum Gasteiger partial charge on any atom is 0.249 e. The molecule has 0 radical (unpaired) electrons. The molecular formula is C19H15Cl2N5O2S. The smallest absolute Gasteiger partial charge is 0.249 e. The number of halogens is 2. The van der Waals surface area contributed by atoms with Gasteiger partial charge in [-0.05, 0) is 23.8 Å². The molecule has 3 aromatic rings. The molecule has 2 N–H and O–H groups in total. The summed E-state index contributed by atoms with van der Waals surface area (Å²) in [6, 6.07) is 13.8. The van der Waals surface area contributed by atoms with Gasteiger partial charge < -0.3 is 5.32 Å². The van der Waals surface area contributed by atoms with Crippen LogP contribution in [0, 0.1) is 0 Å². The minimum atomic E-state index is -0.830. The van der Waals surface area contributed by atoms with Crippen molar-refractivity contribution in [2.24, 2.45) is 0 Å². The number of benzene rings is 2. The Balaban J connectivity index is 1.52. The molecule has 1 aromatic heterocycles. The minimum absolute atomic E-state index is 0.0454. The zero-order chi connectivity index (χ0) is 20.4. The maximum atomic E-state index is 12.8. The number of rotatable bonds is 5. The molecule has 1 atom stereocenters. The van der Waals surface area contributed by atoms with Gasteiger partial charge >= 0.3 is 0 Å². The molecule has 1 aliphatic heterocycles. The van der Waals surface area contributed by atoms with Gasteiger partial charge in [-0.2, -0.15) is 4.98 Å². The molecule has 0 saturated carbocycles. The Labute approximate surface area is 180 Å². The molecule has 4 rings (SSSR count). The summed E-state index contributed by atoms with van der Waals surface area (Å²) in [7, 11) is 0. The normalized spacial score (nSPS) is 15.5. The summed E-state index contributed by atoms with van der Waals surface area (Å²) in [6.45, 7) is 0. The van der Waals surface area contributed by atoms with Crippen molar-refractivity contribution in [2.75, 3.05) is 10.6 Å². The van der Waals surface area contributed by atoms with E-state index in [0.717, 1.165) is 5.56 Å². The van der Waals surface area contributed by atoms with E-state index in [2.05, 4.69) is 20.7 Å². The van der Waals surface area contributed by atoms with E-state index >= 15 is 0 Å². The van der Waals surface area contributed by atoms with Crippen LogP contribution in [0.15, 0.2) is 53.7 Å². The van der Waals surface area contributed by atoms with Crippen molar-refractivity contribution in [3.63, 3.8) is 0 Å². The topological polar surface area (TPSA) is 88.9 Å². The predicted molar refractivity (Wildman–Crippen MR) is 113 cm³/mol. The molecule has 7 nitrogen and oxygen atoms in total. The Kier molecular flexibility index (Phi) is 5.75. The van der Waals surface area contributed by atoms with Crippen LogP contribution >= 0.6 is 35.0 Å². The molecule has 10 heteroatoms. The Bertz CT molecular complexity index is 1070. The highest BCUT2D eigenvalue weighted by Crippen LogP contribution is 2.30. The monoisotopic (exact) mass is 447 g/mol. The quantitative estimate of drug-likeness (QED) is 0.565. The van der Waals surface area contributed by atoms with E-state index in [1.807, 2.05) is 30.3 Å². The number of fused-ring (bicyclic) bond motifs is 1. The fourth-order valence-electron chi connectivity index (χ4n) is 2.84. The van der Waals surface area contributed by atoms with E-state index in [0.29, 0.717) is 26.6 Å². The first-order valence-corrected chi connectivity index (χ1v) is 10.4.